The van der Waals surface area contributed by atoms with E-state index in [9.17, 15) is 5.11 Å². The minimum Gasteiger partial charge on any atom is -0.490 e. The van der Waals surface area contributed by atoms with Crippen LogP contribution in [-0.2, 0) is 6.42 Å². The normalized spacial score (nSPS) is 28.7. The summed E-state index contributed by atoms with van der Waals surface area (Å²) < 4.78 is 11.7. The maximum atomic E-state index is 10.2. The van der Waals surface area contributed by atoms with Crippen LogP contribution in [0.2, 0.25) is 0 Å². The lowest BCUT2D eigenvalue weighted by Gasteiger charge is -2.50. The predicted molar refractivity (Wildman–Crippen MR) is 118 cm³/mol. The van der Waals surface area contributed by atoms with Crippen molar-refractivity contribution >= 4 is 17.5 Å². The molecule has 2 N–H and O–H groups in total. The lowest BCUT2D eigenvalue weighted by atomic mass is 9.83. The van der Waals surface area contributed by atoms with Crippen molar-refractivity contribution in [2.45, 2.75) is 31.7 Å². The van der Waals surface area contributed by atoms with E-state index in [-0.39, 0.29) is 29.9 Å². The molecule has 2 heterocycles. The quantitative estimate of drug-likeness (QED) is 0.741. The summed E-state index contributed by atoms with van der Waals surface area (Å²) in [6.45, 7) is 6.26. The molecule has 1 aliphatic carbocycles. The van der Waals surface area contributed by atoms with Crippen molar-refractivity contribution in [2.75, 3.05) is 32.1 Å². The van der Waals surface area contributed by atoms with Gasteiger partial charge < -0.3 is 20.0 Å². The van der Waals surface area contributed by atoms with Crippen molar-refractivity contribution < 1.29 is 14.6 Å². The Kier molecular flexibility index (Phi) is 6.32. The van der Waals surface area contributed by atoms with Crippen LogP contribution in [0, 0.1) is 17.2 Å². The van der Waals surface area contributed by atoms with Gasteiger partial charge in [-0.2, -0.15) is 0 Å². The van der Waals surface area contributed by atoms with E-state index < -0.39 is 0 Å². The van der Waals surface area contributed by atoms with Gasteiger partial charge in [-0.15, -0.1) is 11.8 Å². The van der Waals surface area contributed by atoms with E-state index in [4.69, 9.17) is 14.9 Å². The number of fused-ring (bicyclic) bond motifs is 3. The predicted octanol–water partition coefficient (Wildman–Crippen LogP) is 3.83. The third-order valence-corrected chi connectivity index (χ3v) is 7.51. The Hall–Kier alpha value is -1.76. The number of rotatable bonds is 6. The van der Waals surface area contributed by atoms with Crippen LogP contribution in [-0.4, -0.2) is 53.2 Å². The number of benzene rings is 1. The fraction of sp³-hybridized carbons (Fsp3) is 0.522. The van der Waals surface area contributed by atoms with Crippen molar-refractivity contribution in [2.24, 2.45) is 11.8 Å². The van der Waals surface area contributed by atoms with Crippen LogP contribution < -0.4 is 9.47 Å². The molecule has 4 atom stereocenters. The van der Waals surface area contributed by atoms with E-state index in [0.29, 0.717) is 18.9 Å². The lowest BCUT2D eigenvalue weighted by molar-refractivity contribution is 0.0752. The van der Waals surface area contributed by atoms with Crippen LogP contribution in [0.15, 0.2) is 36.4 Å². The molecule has 1 aromatic rings. The second-order valence-electron chi connectivity index (χ2n) is 7.69. The molecule has 2 aliphatic heterocycles. The fourth-order valence-corrected chi connectivity index (χ4v) is 6.31. The second kappa shape index (κ2) is 8.94. The zero-order chi connectivity index (χ0) is 20.4. The molecule has 4 unspecified atom stereocenters. The molecule has 0 amide bonds. The van der Waals surface area contributed by atoms with Gasteiger partial charge in [0.2, 0.25) is 0 Å². The smallest absolute Gasteiger partial charge is 0.161 e. The van der Waals surface area contributed by atoms with Gasteiger partial charge in [-0.05, 0) is 49.6 Å². The first kappa shape index (κ1) is 20.5. The summed E-state index contributed by atoms with van der Waals surface area (Å²) in [5, 5.41) is 18.8. The van der Waals surface area contributed by atoms with E-state index in [1.165, 1.54) is 11.1 Å². The third kappa shape index (κ3) is 3.86. The lowest BCUT2D eigenvalue weighted by Crippen LogP contribution is -2.52. The Morgan fingerprint density at radius 1 is 1.17 bits per heavy atom. The maximum absolute atomic E-state index is 10.2. The highest BCUT2D eigenvalue weighted by Crippen LogP contribution is 2.49. The van der Waals surface area contributed by atoms with Gasteiger partial charge in [0.1, 0.15) is 0 Å². The van der Waals surface area contributed by atoms with Gasteiger partial charge in [-0.1, -0.05) is 18.2 Å². The number of hydrogen-bond acceptors (Lipinski definition) is 6. The number of ether oxygens (including phenoxy) is 2. The fourth-order valence-electron chi connectivity index (χ4n) is 4.70. The van der Waals surface area contributed by atoms with Gasteiger partial charge in [-0.3, -0.25) is 4.90 Å². The summed E-state index contributed by atoms with van der Waals surface area (Å²) in [6, 6.07) is 4.41. The highest BCUT2D eigenvalue weighted by atomic mass is 32.2. The van der Waals surface area contributed by atoms with Crippen LogP contribution in [0.1, 0.15) is 31.0 Å². The molecule has 4 rings (SSSR count). The van der Waals surface area contributed by atoms with Crippen LogP contribution in [0.5, 0.6) is 11.5 Å². The average molecular weight is 415 g/mol. The summed E-state index contributed by atoms with van der Waals surface area (Å²) in [7, 11) is 0. The first-order valence-corrected chi connectivity index (χ1v) is 11.6. The number of hydrogen-bond donors (Lipinski definition) is 2. The molecule has 156 valence electrons. The summed E-state index contributed by atoms with van der Waals surface area (Å²) >= 11 is 1.88. The van der Waals surface area contributed by atoms with Gasteiger partial charge in [0.25, 0.3) is 0 Å². The van der Waals surface area contributed by atoms with Crippen molar-refractivity contribution in [3.05, 3.63) is 47.6 Å². The number of nitrogens with one attached hydrogen (secondary N) is 1. The first-order valence-electron chi connectivity index (χ1n) is 10.5. The molecule has 0 aromatic heterocycles. The highest BCUT2D eigenvalue weighted by Gasteiger charge is 2.44. The molecule has 0 radical (unpaired) electrons. The van der Waals surface area contributed by atoms with Crippen LogP contribution in [0.25, 0.3) is 0 Å². The molecule has 1 saturated heterocycles. The molecule has 6 heteroatoms. The highest BCUT2D eigenvalue weighted by molar-refractivity contribution is 7.99. The summed E-state index contributed by atoms with van der Waals surface area (Å²) in [5.74, 6) is 2.74. The minimum atomic E-state index is 0.0859. The van der Waals surface area contributed by atoms with Gasteiger partial charge in [-0.25, -0.2) is 0 Å². The summed E-state index contributed by atoms with van der Waals surface area (Å²) in [4.78, 5) is 2.51. The van der Waals surface area contributed by atoms with E-state index in [1.54, 1.807) is 0 Å². The molecule has 1 aromatic carbocycles. The molecular weight excluding hydrogens is 384 g/mol. The van der Waals surface area contributed by atoms with Crippen molar-refractivity contribution in [3.63, 3.8) is 0 Å². The minimum absolute atomic E-state index is 0.0859. The Balaban J connectivity index is 1.72. The number of aliphatic hydroxyl groups is 1. The number of aliphatic hydroxyl groups excluding tert-OH is 1. The Morgan fingerprint density at radius 2 is 1.93 bits per heavy atom. The summed E-state index contributed by atoms with van der Waals surface area (Å²) in [6.07, 6.45) is 8.98. The second-order valence-corrected chi connectivity index (χ2v) is 8.84. The molecule has 1 fully saturated rings. The maximum Gasteiger partial charge on any atom is 0.161 e. The van der Waals surface area contributed by atoms with E-state index in [0.717, 1.165) is 30.2 Å². The van der Waals surface area contributed by atoms with Crippen LogP contribution >= 0.6 is 11.8 Å². The van der Waals surface area contributed by atoms with Crippen molar-refractivity contribution in [1.82, 2.24) is 4.90 Å². The molecule has 3 aliphatic rings. The molecule has 5 nitrogen and oxygen atoms in total. The molecule has 0 bridgehead atoms. The monoisotopic (exact) mass is 414 g/mol. The molecular formula is C23H30N2O3S. The van der Waals surface area contributed by atoms with Gasteiger partial charge in [0.05, 0.1) is 18.6 Å². The number of thioether (sulfide) groups is 1. The van der Waals surface area contributed by atoms with Crippen LogP contribution in [0.4, 0.5) is 0 Å². The number of nitrogens with zero attached hydrogens (tertiary/aromatic N) is 1. The zero-order valence-electron chi connectivity index (χ0n) is 17.1. The SMILES string of the molecule is CCOc1cc2c(cc1OCC)C1C(CO)CSC(C3C=CC=CC3=N)N1CC2. The van der Waals surface area contributed by atoms with E-state index >= 15 is 0 Å². The van der Waals surface area contributed by atoms with Crippen LogP contribution in [0.3, 0.4) is 0 Å². The molecule has 0 spiro atoms. The molecule has 29 heavy (non-hydrogen) atoms. The average Bonchev–Trinajstić information content (AvgIpc) is 2.74. The van der Waals surface area contributed by atoms with E-state index in [1.807, 2.05) is 37.8 Å². The first-order chi connectivity index (χ1) is 14.2. The topological polar surface area (TPSA) is 65.8 Å². The van der Waals surface area contributed by atoms with Crippen molar-refractivity contribution in [3.8, 4) is 11.5 Å². The third-order valence-electron chi connectivity index (χ3n) is 5.98. The molecule has 0 saturated carbocycles. The standard InChI is InChI=1S/C23H30N2O3S/c1-3-27-20-11-15-9-10-25-22(18(15)12-21(20)28-4-2)16(13-26)14-29-23(25)17-7-5-6-8-19(17)24/h5-8,11-12,16-17,22-24,26H,3-4,9-10,13-14H2,1-2H3. The zero-order valence-corrected chi connectivity index (χ0v) is 18.0. The number of allylic oxidation sites excluding steroid dienone is 3. The van der Waals surface area contributed by atoms with Crippen molar-refractivity contribution in [1.29, 1.82) is 5.41 Å². The summed E-state index contributed by atoms with van der Waals surface area (Å²) in [5.41, 5.74) is 3.20. The van der Waals surface area contributed by atoms with E-state index in [2.05, 4.69) is 29.2 Å². The largest absolute Gasteiger partial charge is 0.490 e. The Morgan fingerprint density at radius 3 is 2.62 bits per heavy atom. The Labute approximate surface area is 177 Å². The Bertz CT molecular complexity index is 823. The van der Waals surface area contributed by atoms with Gasteiger partial charge >= 0.3 is 0 Å². The van der Waals surface area contributed by atoms with Gasteiger partial charge in [0.15, 0.2) is 11.5 Å². The van der Waals surface area contributed by atoms with Gasteiger partial charge in [0, 0.05) is 42.5 Å².